The van der Waals surface area contributed by atoms with Gasteiger partial charge in [0.05, 0.1) is 48.8 Å². The molecular weight excluding hydrogens is 434 g/mol. The standard InChI is InChI=1S/C23H19B4N7O/c1-13-29-12-18(33(13)2)14-3-4-16-11-30-21(31-17(16)9-14)32-20(35)15-5-8-28-19(10-15)34-22(24,25)6-7-23(34,26)27/h3-5,8-12H,6-7H2,1-2H3,(H,30,31,32,35). The molecule has 4 heterocycles. The number of nitrogens with zero attached hydrogens (tertiary/aromatic N) is 6. The van der Waals surface area contributed by atoms with Gasteiger partial charge in [-0.1, -0.05) is 12.1 Å². The molecule has 5 rings (SSSR count). The van der Waals surface area contributed by atoms with Gasteiger partial charge < -0.3 is 9.47 Å². The van der Waals surface area contributed by atoms with Crippen LogP contribution in [0.15, 0.2) is 48.9 Å². The van der Waals surface area contributed by atoms with Crippen molar-refractivity contribution in [1.82, 2.24) is 24.5 Å². The van der Waals surface area contributed by atoms with Crippen molar-refractivity contribution in [2.45, 2.75) is 30.4 Å². The molecular formula is C23H19B4N7O. The van der Waals surface area contributed by atoms with Crippen LogP contribution in [-0.4, -0.2) is 72.5 Å². The predicted octanol–water partition coefficient (Wildman–Crippen LogP) is 1.57. The van der Waals surface area contributed by atoms with E-state index in [0.29, 0.717) is 29.7 Å². The molecule has 4 aromatic rings. The largest absolute Gasteiger partial charge is 0.380 e. The highest BCUT2D eigenvalue weighted by molar-refractivity contribution is 6.48. The number of hydrogen-bond donors (Lipinski definition) is 1. The van der Waals surface area contributed by atoms with Crippen molar-refractivity contribution >= 4 is 60.0 Å². The molecule has 1 N–H and O–H groups in total. The average molecular weight is 453 g/mol. The Bertz CT molecular complexity index is 1440. The van der Waals surface area contributed by atoms with Crippen molar-refractivity contribution < 1.29 is 4.79 Å². The van der Waals surface area contributed by atoms with Crippen molar-refractivity contribution in [2.75, 3.05) is 10.2 Å². The van der Waals surface area contributed by atoms with Gasteiger partial charge in [0.25, 0.3) is 5.91 Å². The van der Waals surface area contributed by atoms with Crippen LogP contribution in [0.25, 0.3) is 22.2 Å². The number of anilines is 2. The third-order valence-corrected chi connectivity index (χ3v) is 6.32. The monoisotopic (exact) mass is 453 g/mol. The SMILES string of the molecule is [B]C1([B])CCC([B])([B])N1c1cc(C(=O)Nc2ncc3ccc(-c4cnc(C)n4C)cc3n2)ccn1. The molecule has 0 atom stereocenters. The Labute approximate surface area is 208 Å². The Hall–Kier alpha value is -3.55. The van der Waals surface area contributed by atoms with Crippen LogP contribution < -0.4 is 10.2 Å². The summed E-state index contributed by atoms with van der Waals surface area (Å²) in [7, 11) is 26.7. The molecule has 1 aliphatic heterocycles. The van der Waals surface area contributed by atoms with Gasteiger partial charge in [-0.2, -0.15) is 0 Å². The highest BCUT2D eigenvalue weighted by atomic mass is 16.1. The quantitative estimate of drug-likeness (QED) is 0.473. The minimum absolute atomic E-state index is 0.166. The van der Waals surface area contributed by atoms with Gasteiger partial charge in [0.2, 0.25) is 5.95 Å². The number of aryl methyl sites for hydroxylation is 1. The van der Waals surface area contributed by atoms with E-state index >= 15 is 0 Å². The Morgan fingerprint density at radius 1 is 1.00 bits per heavy atom. The van der Waals surface area contributed by atoms with Crippen LogP contribution in [-0.2, 0) is 7.05 Å². The van der Waals surface area contributed by atoms with Gasteiger partial charge in [0.1, 0.15) is 11.6 Å². The molecule has 35 heavy (non-hydrogen) atoms. The minimum Gasteiger partial charge on any atom is -0.380 e. The van der Waals surface area contributed by atoms with Crippen LogP contribution in [0.3, 0.4) is 0 Å². The lowest BCUT2D eigenvalue weighted by atomic mass is 9.58. The zero-order valence-corrected chi connectivity index (χ0v) is 19.4. The van der Waals surface area contributed by atoms with E-state index in [1.165, 1.54) is 17.2 Å². The lowest BCUT2D eigenvalue weighted by Crippen LogP contribution is -2.56. The van der Waals surface area contributed by atoms with E-state index in [0.717, 1.165) is 22.5 Å². The Kier molecular flexibility index (Phi) is 5.49. The van der Waals surface area contributed by atoms with Gasteiger partial charge in [-0.3, -0.25) is 10.1 Å². The van der Waals surface area contributed by atoms with Crippen LogP contribution in [0.5, 0.6) is 0 Å². The van der Waals surface area contributed by atoms with E-state index in [1.807, 2.05) is 42.9 Å². The molecule has 0 spiro atoms. The minimum atomic E-state index is -1.28. The summed E-state index contributed by atoms with van der Waals surface area (Å²) in [6.45, 7) is 1.94. The lowest BCUT2D eigenvalue weighted by molar-refractivity contribution is 0.102. The summed E-state index contributed by atoms with van der Waals surface area (Å²) in [5.74, 6) is 0.953. The molecule has 0 aliphatic carbocycles. The van der Waals surface area contributed by atoms with Crippen LogP contribution in [0.4, 0.5) is 11.8 Å². The van der Waals surface area contributed by atoms with Crippen LogP contribution in [0, 0.1) is 6.92 Å². The van der Waals surface area contributed by atoms with Crippen molar-refractivity contribution in [3.63, 3.8) is 0 Å². The molecule has 3 aromatic heterocycles. The molecule has 0 unspecified atom stereocenters. The van der Waals surface area contributed by atoms with Crippen molar-refractivity contribution in [3.8, 4) is 11.3 Å². The highest BCUT2D eigenvalue weighted by Crippen LogP contribution is 2.37. The maximum Gasteiger partial charge on any atom is 0.258 e. The number of pyridine rings is 1. The van der Waals surface area contributed by atoms with Gasteiger partial charge in [-0.15, -0.1) is 0 Å². The molecule has 0 bridgehead atoms. The number of carbonyl (C=O) groups excluding carboxylic acids is 1. The third kappa shape index (κ3) is 4.22. The van der Waals surface area contributed by atoms with Crippen molar-refractivity contribution in [1.29, 1.82) is 0 Å². The fourth-order valence-corrected chi connectivity index (χ4v) is 4.31. The van der Waals surface area contributed by atoms with Gasteiger partial charge in [0.15, 0.2) is 0 Å². The first-order valence-electron chi connectivity index (χ1n) is 11.0. The maximum absolute atomic E-state index is 13.0. The summed E-state index contributed by atoms with van der Waals surface area (Å²) in [5, 5.41) is 1.02. The summed E-state index contributed by atoms with van der Waals surface area (Å²) < 4.78 is 2.00. The zero-order chi connectivity index (χ0) is 25.0. The molecule has 12 heteroatoms. The van der Waals surface area contributed by atoms with E-state index in [1.54, 1.807) is 12.3 Å². The third-order valence-electron chi connectivity index (χ3n) is 6.32. The Morgan fingerprint density at radius 3 is 2.43 bits per heavy atom. The molecule has 8 radical (unpaired) electrons. The van der Waals surface area contributed by atoms with E-state index in [9.17, 15) is 4.79 Å². The summed E-state index contributed by atoms with van der Waals surface area (Å²) in [4.78, 5) is 31.9. The number of benzene rings is 1. The number of nitrogens with one attached hydrogen (secondary N) is 1. The molecule has 1 fully saturated rings. The Morgan fingerprint density at radius 2 is 1.74 bits per heavy atom. The maximum atomic E-state index is 13.0. The number of aromatic nitrogens is 5. The van der Waals surface area contributed by atoms with Crippen LogP contribution in [0.2, 0.25) is 0 Å². The number of rotatable bonds is 4. The van der Waals surface area contributed by atoms with E-state index in [4.69, 9.17) is 31.4 Å². The summed E-state index contributed by atoms with van der Waals surface area (Å²) in [6.07, 6.45) is 5.70. The van der Waals surface area contributed by atoms with E-state index in [2.05, 4.69) is 25.3 Å². The zero-order valence-electron chi connectivity index (χ0n) is 19.4. The second kappa shape index (κ2) is 8.29. The summed E-state index contributed by atoms with van der Waals surface area (Å²) >= 11 is 0. The number of amides is 1. The van der Waals surface area contributed by atoms with E-state index in [-0.39, 0.29) is 5.95 Å². The average Bonchev–Trinajstić information content (AvgIpc) is 3.26. The number of hydrogen-bond acceptors (Lipinski definition) is 6. The molecule has 164 valence electrons. The van der Waals surface area contributed by atoms with E-state index < -0.39 is 16.6 Å². The van der Waals surface area contributed by atoms with Gasteiger partial charge in [-0.05, 0) is 48.6 Å². The molecule has 1 aromatic carbocycles. The molecule has 1 aliphatic rings. The second-order valence-electron chi connectivity index (χ2n) is 8.89. The second-order valence-corrected chi connectivity index (χ2v) is 8.89. The predicted molar refractivity (Wildman–Crippen MR) is 139 cm³/mol. The van der Waals surface area contributed by atoms with Gasteiger partial charge in [-0.25, -0.2) is 19.9 Å². The lowest BCUT2D eigenvalue weighted by Gasteiger charge is -2.44. The van der Waals surface area contributed by atoms with Crippen LogP contribution >= 0.6 is 0 Å². The first-order chi connectivity index (χ1) is 16.5. The van der Waals surface area contributed by atoms with Gasteiger partial charge >= 0.3 is 0 Å². The highest BCUT2D eigenvalue weighted by Gasteiger charge is 2.43. The summed E-state index contributed by atoms with van der Waals surface area (Å²) in [6, 6.07) is 8.95. The van der Waals surface area contributed by atoms with Gasteiger partial charge in [0, 0.05) is 36.0 Å². The topological polar surface area (TPSA) is 88.8 Å². The molecule has 8 nitrogen and oxygen atoms in total. The Balaban J connectivity index is 1.42. The first kappa shape index (κ1) is 23.2. The number of fused-ring (bicyclic) bond motifs is 1. The normalized spacial score (nSPS) is 16.5. The van der Waals surface area contributed by atoms with Crippen LogP contribution in [0.1, 0.15) is 29.0 Å². The fraction of sp³-hybridized carbons (Fsp3) is 0.261. The first-order valence-corrected chi connectivity index (χ1v) is 11.0. The molecule has 1 amide bonds. The van der Waals surface area contributed by atoms with Crippen molar-refractivity contribution in [3.05, 3.63) is 60.3 Å². The fourth-order valence-electron chi connectivity index (χ4n) is 4.31. The number of carbonyl (C=O) groups is 1. The number of imidazole rings is 1. The molecule has 0 saturated carbocycles. The molecule has 1 saturated heterocycles. The summed E-state index contributed by atoms with van der Waals surface area (Å²) in [5.41, 5.74) is 2.91. The smallest absolute Gasteiger partial charge is 0.258 e. The van der Waals surface area contributed by atoms with Crippen molar-refractivity contribution in [2.24, 2.45) is 7.05 Å².